The quantitative estimate of drug-likeness (QED) is 0.0964. The van der Waals surface area contributed by atoms with Gasteiger partial charge in [-0.25, -0.2) is 36.6 Å². The predicted octanol–water partition coefficient (Wildman–Crippen LogP) is 7.66. The molecule has 0 saturated heterocycles. The van der Waals surface area contributed by atoms with E-state index in [0.29, 0.717) is 29.0 Å². The Morgan fingerprint density at radius 2 is 1.52 bits per heavy atom. The van der Waals surface area contributed by atoms with Gasteiger partial charge >= 0.3 is 18.2 Å². The lowest BCUT2D eigenvalue weighted by Crippen LogP contribution is -2.44. The number of benzene rings is 3. The molecule has 1 atom stereocenters. The summed E-state index contributed by atoms with van der Waals surface area (Å²) in [4.78, 5) is 57.3. The first-order chi connectivity index (χ1) is 28.0. The van der Waals surface area contributed by atoms with Gasteiger partial charge in [-0.1, -0.05) is 0 Å². The largest absolute Gasteiger partial charge is 0.493 e. The van der Waals surface area contributed by atoms with Crippen LogP contribution in [0.3, 0.4) is 0 Å². The Morgan fingerprint density at radius 3 is 2.08 bits per heavy atom. The number of halogens is 2. The van der Waals surface area contributed by atoms with E-state index in [1.54, 1.807) is 54.7 Å². The molecule has 4 aromatic rings. The van der Waals surface area contributed by atoms with Crippen LogP contribution in [-0.2, 0) is 41.9 Å². The minimum Gasteiger partial charge on any atom is -0.493 e. The standard InChI is InChI=1S/C42H49F2N5O10S/c1-41(2,3)58-39(53)49(40(54)59-42(4,5)6)37-29-14-10-27(20-30(29)32(44)22-46-37)48-35(38(51)52)24-17-23(36(57-8)31(43)19-24)9-16-34(50)47-26-11-15-33(25(18-26)21-45-7)60(55,56)28-12-13-28/h10-11,14-15,17-20,22,28,35,45,48H,9,12-13,16,21H2,1-8H3,(H,47,50)(H,51,52). The number of anilines is 3. The number of aliphatic carboxylic acids is 1. The van der Waals surface area contributed by atoms with Crippen molar-refractivity contribution < 1.29 is 55.7 Å². The van der Waals surface area contributed by atoms with Gasteiger partial charge in [0.05, 0.1) is 23.5 Å². The van der Waals surface area contributed by atoms with E-state index < -0.39 is 68.0 Å². The van der Waals surface area contributed by atoms with Gasteiger partial charge in [0, 0.05) is 35.1 Å². The summed E-state index contributed by atoms with van der Waals surface area (Å²) >= 11 is 0. The molecule has 1 aliphatic carbocycles. The number of aryl methyl sites for hydroxylation is 1. The number of pyridine rings is 1. The fourth-order valence-corrected chi connectivity index (χ4v) is 8.20. The second kappa shape index (κ2) is 17.8. The van der Waals surface area contributed by atoms with Crippen LogP contribution in [0.5, 0.6) is 5.75 Å². The van der Waals surface area contributed by atoms with E-state index in [2.05, 4.69) is 20.9 Å². The van der Waals surface area contributed by atoms with Crippen LogP contribution in [0.2, 0.25) is 0 Å². The van der Waals surface area contributed by atoms with Crippen molar-refractivity contribution >= 4 is 61.9 Å². The molecule has 322 valence electrons. The number of hydrogen-bond donors (Lipinski definition) is 4. The van der Waals surface area contributed by atoms with Gasteiger partial charge < -0.3 is 35.3 Å². The number of nitrogens with zero attached hydrogens (tertiary/aromatic N) is 2. The maximum absolute atomic E-state index is 15.5. The molecule has 5 rings (SSSR count). The molecule has 1 aliphatic rings. The van der Waals surface area contributed by atoms with Crippen LogP contribution in [-0.4, -0.2) is 73.2 Å². The number of carboxylic acids is 1. The van der Waals surface area contributed by atoms with E-state index in [0.717, 1.165) is 12.3 Å². The summed E-state index contributed by atoms with van der Waals surface area (Å²) in [7, 11) is -0.584. The van der Waals surface area contributed by atoms with Crippen LogP contribution < -0.4 is 25.6 Å². The molecule has 3 aromatic carbocycles. The van der Waals surface area contributed by atoms with Gasteiger partial charge in [0.2, 0.25) is 5.91 Å². The number of methoxy groups -OCH3 is 1. The summed E-state index contributed by atoms with van der Waals surface area (Å²) in [6.07, 6.45) is -0.526. The first-order valence-electron chi connectivity index (χ1n) is 19.0. The van der Waals surface area contributed by atoms with E-state index >= 15 is 8.78 Å². The van der Waals surface area contributed by atoms with Crippen LogP contribution in [0.4, 0.5) is 35.6 Å². The van der Waals surface area contributed by atoms with E-state index in [1.165, 1.54) is 43.5 Å². The lowest BCUT2D eigenvalue weighted by molar-refractivity contribution is -0.138. The Labute approximate surface area is 346 Å². The van der Waals surface area contributed by atoms with Crippen molar-refractivity contribution in [2.45, 2.75) is 101 Å². The summed E-state index contributed by atoms with van der Waals surface area (Å²) in [6.45, 7) is 9.81. The Hall–Kier alpha value is -5.88. The van der Waals surface area contributed by atoms with Crippen molar-refractivity contribution in [3.8, 4) is 5.75 Å². The maximum atomic E-state index is 15.5. The average molecular weight is 854 g/mol. The molecule has 1 saturated carbocycles. The summed E-state index contributed by atoms with van der Waals surface area (Å²) in [5.41, 5.74) is -1.01. The van der Waals surface area contributed by atoms with Gasteiger partial charge in [-0.3, -0.25) is 4.79 Å². The fourth-order valence-electron chi connectivity index (χ4n) is 6.33. The van der Waals surface area contributed by atoms with Crippen LogP contribution in [0.1, 0.15) is 83.5 Å². The number of aromatic nitrogens is 1. The predicted molar refractivity (Wildman–Crippen MR) is 220 cm³/mol. The number of fused-ring (bicyclic) bond motifs is 1. The first kappa shape index (κ1) is 45.2. The molecule has 0 aliphatic heterocycles. The molecule has 1 aromatic heterocycles. The Morgan fingerprint density at radius 1 is 0.883 bits per heavy atom. The van der Waals surface area contributed by atoms with Crippen LogP contribution in [0.25, 0.3) is 10.8 Å². The molecule has 0 bridgehead atoms. The average Bonchev–Trinajstić information content (AvgIpc) is 3.99. The molecule has 1 unspecified atom stereocenters. The zero-order chi connectivity index (χ0) is 44.3. The minimum atomic E-state index is -3.49. The molecule has 4 N–H and O–H groups in total. The zero-order valence-corrected chi connectivity index (χ0v) is 35.4. The van der Waals surface area contributed by atoms with Crippen molar-refractivity contribution in [2.75, 3.05) is 29.7 Å². The lowest BCUT2D eigenvalue weighted by atomic mass is 9.99. The summed E-state index contributed by atoms with van der Waals surface area (Å²) in [6, 6.07) is 9.25. The molecule has 0 spiro atoms. The van der Waals surface area contributed by atoms with Crippen molar-refractivity contribution in [1.82, 2.24) is 10.3 Å². The number of carbonyl (C=O) groups excluding carboxylic acids is 3. The highest BCUT2D eigenvalue weighted by Crippen LogP contribution is 2.37. The monoisotopic (exact) mass is 853 g/mol. The first-order valence-corrected chi connectivity index (χ1v) is 20.6. The van der Waals surface area contributed by atoms with E-state index in [9.17, 15) is 32.7 Å². The molecule has 1 heterocycles. The molecule has 60 heavy (non-hydrogen) atoms. The maximum Gasteiger partial charge on any atom is 0.425 e. The van der Waals surface area contributed by atoms with Crippen LogP contribution in [0.15, 0.2) is 59.6 Å². The number of sulfone groups is 1. The molecule has 18 heteroatoms. The minimum absolute atomic E-state index is 0.0160. The Balaban J connectivity index is 1.40. The number of carbonyl (C=O) groups is 4. The number of hydrogen-bond acceptors (Lipinski definition) is 12. The topological polar surface area (TPSA) is 203 Å². The van der Waals surface area contributed by atoms with E-state index in [1.807, 2.05) is 0 Å². The van der Waals surface area contributed by atoms with Gasteiger partial charge in [-0.15, -0.1) is 0 Å². The van der Waals surface area contributed by atoms with Crippen LogP contribution >= 0.6 is 0 Å². The van der Waals surface area contributed by atoms with Gasteiger partial charge in [0.15, 0.2) is 33.3 Å². The number of amides is 3. The molecule has 0 radical (unpaired) electrons. The number of ether oxygens (including phenoxy) is 3. The van der Waals surface area contributed by atoms with E-state index in [4.69, 9.17) is 14.2 Å². The molecular formula is C42H49F2N5O10S. The third-order valence-corrected chi connectivity index (χ3v) is 11.4. The third kappa shape index (κ3) is 10.8. The second-order valence-corrected chi connectivity index (χ2v) is 18.4. The normalized spacial score (nSPS) is 13.6. The van der Waals surface area contributed by atoms with Gasteiger partial charge in [-0.2, -0.15) is 4.90 Å². The number of nitrogens with one attached hydrogen (secondary N) is 3. The van der Waals surface area contributed by atoms with Crippen molar-refractivity contribution in [3.63, 3.8) is 0 Å². The molecule has 1 fully saturated rings. The number of carboxylic acid groups (broad SMARTS) is 1. The van der Waals surface area contributed by atoms with Gasteiger partial charge in [-0.05, 0) is 133 Å². The van der Waals surface area contributed by atoms with Crippen molar-refractivity contribution in [1.29, 1.82) is 0 Å². The lowest BCUT2D eigenvalue weighted by Gasteiger charge is -2.28. The summed E-state index contributed by atoms with van der Waals surface area (Å²) < 4.78 is 73.0. The molecular weight excluding hydrogens is 805 g/mol. The van der Waals surface area contributed by atoms with Gasteiger partial charge in [0.25, 0.3) is 0 Å². The molecule has 3 amide bonds. The van der Waals surface area contributed by atoms with Crippen LogP contribution in [0, 0.1) is 11.6 Å². The summed E-state index contributed by atoms with van der Waals surface area (Å²) in [5, 5.41) is 18.2. The highest BCUT2D eigenvalue weighted by Gasteiger charge is 2.38. The van der Waals surface area contributed by atoms with Crippen molar-refractivity contribution in [3.05, 3.63) is 83.1 Å². The fraction of sp³-hybridized carbons (Fsp3) is 0.405. The number of imide groups is 1. The molecule has 15 nitrogen and oxygen atoms in total. The Kier molecular flexibility index (Phi) is 13.4. The Bertz CT molecular complexity index is 2400. The second-order valence-electron chi connectivity index (χ2n) is 16.2. The highest BCUT2D eigenvalue weighted by molar-refractivity contribution is 7.92. The van der Waals surface area contributed by atoms with E-state index in [-0.39, 0.29) is 63.4 Å². The van der Waals surface area contributed by atoms with Gasteiger partial charge in [0.1, 0.15) is 17.0 Å². The number of rotatable bonds is 14. The van der Waals surface area contributed by atoms with Crippen molar-refractivity contribution in [2.24, 2.45) is 0 Å². The third-order valence-electron chi connectivity index (χ3n) is 9.02. The smallest absolute Gasteiger partial charge is 0.425 e. The summed E-state index contributed by atoms with van der Waals surface area (Å²) in [5.74, 6) is -4.18. The highest BCUT2D eigenvalue weighted by atomic mass is 32.2. The SMILES string of the molecule is CNCc1cc(NC(=O)CCc2cc(C(Nc3ccc4c(N(C(=O)OC(C)(C)C)C(=O)OC(C)(C)C)ncc(F)c4c3)C(=O)O)cc(F)c2OC)ccc1S(=O)(=O)C1CC1. The zero-order valence-electron chi connectivity index (χ0n) is 34.6.